The van der Waals surface area contributed by atoms with Gasteiger partial charge >= 0.3 is 0 Å². The number of imidazole rings is 1. The van der Waals surface area contributed by atoms with Crippen molar-refractivity contribution in [2.24, 2.45) is 0 Å². The molecule has 0 saturated carbocycles. The fraction of sp³-hybridized carbons (Fsp3) is 0.238. The van der Waals surface area contributed by atoms with E-state index in [4.69, 9.17) is 4.74 Å². The van der Waals surface area contributed by atoms with E-state index in [2.05, 4.69) is 10.3 Å². The minimum Gasteiger partial charge on any atom is -0.481 e. The van der Waals surface area contributed by atoms with Gasteiger partial charge in [0.05, 0.1) is 6.33 Å². The van der Waals surface area contributed by atoms with Crippen LogP contribution in [0.1, 0.15) is 23.6 Å². The van der Waals surface area contributed by atoms with Crippen molar-refractivity contribution in [2.75, 3.05) is 0 Å². The van der Waals surface area contributed by atoms with Crippen LogP contribution in [0.15, 0.2) is 61.2 Å². The standard InChI is InChI=1S/C21H23N3O2/c1-15-5-4-6-20(16(15)2)26-17(3)21(25)23-13-18-7-9-19(10-8-18)24-12-11-22-14-24/h4-12,14,17H,13H2,1-3H3,(H,23,25)/t17-/m1/s1. The number of amides is 1. The molecule has 5 heteroatoms. The van der Waals surface area contributed by atoms with Gasteiger partial charge in [0.25, 0.3) is 5.91 Å². The second-order valence-electron chi connectivity index (χ2n) is 6.31. The number of carbonyl (C=O) groups excluding carboxylic acids is 1. The molecule has 0 aliphatic rings. The summed E-state index contributed by atoms with van der Waals surface area (Å²) < 4.78 is 7.75. The summed E-state index contributed by atoms with van der Waals surface area (Å²) in [6.07, 6.45) is 4.83. The van der Waals surface area contributed by atoms with Gasteiger partial charge in [-0.3, -0.25) is 4.79 Å². The zero-order valence-electron chi connectivity index (χ0n) is 15.3. The van der Waals surface area contributed by atoms with E-state index in [9.17, 15) is 4.79 Å². The average molecular weight is 349 g/mol. The number of nitrogens with one attached hydrogen (secondary N) is 1. The molecule has 0 spiro atoms. The van der Waals surface area contributed by atoms with E-state index >= 15 is 0 Å². The molecule has 1 aromatic heterocycles. The second kappa shape index (κ2) is 7.87. The van der Waals surface area contributed by atoms with Crippen molar-refractivity contribution in [3.05, 3.63) is 77.9 Å². The molecule has 0 saturated heterocycles. The van der Waals surface area contributed by atoms with Gasteiger partial charge in [0, 0.05) is 24.6 Å². The molecule has 2 aromatic carbocycles. The molecule has 0 unspecified atom stereocenters. The van der Waals surface area contributed by atoms with Crippen LogP contribution in [0.3, 0.4) is 0 Å². The SMILES string of the molecule is Cc1cccc(O[C@H](C)C(=O)NCc2ccc(-n3ccnc3)cc2)c1C. The molecule has 0 radical (unpaired) electrons. The molecule has 0 fully saturated rings. The molecule has 3 rings (SSSR count). The third-order valence-corrected chi connectivity index (χ3v) is 4.43. The second-order valence-corrected chi connectivity index (χ2v) is 6.31. The summed E-state index contributed by atoms with van der Waals surface area (Å²) in [5.41, 5.74) is 4.26. The van der Waals surface area contributed by atoms with Gasteiger partial charge in [-0.1, -0.05) is 24.3 Å². The highest BCUT2D eigenvalue weighted by molar-refractivity contribution is 5.80. The fourth-order valence-corrected chi connectivity index (χ4v) is 2.63. The molecule has 1 N–H and O–H groups in total. The molecular weight excluding hydrogens is 326 g/mol. The maximum absolute atomic E-state index is 12.3. The number of carbonyl (C=O) groups is 1. The zero-order chi connectivity index (χ0) is 18.5. The minimum absolute atomic E-state index is 0.135. The van der Waals surface area contributed by atoms with E-state index in [1.54, 1.807) is 19.4 Å². The third-order valence-electron chi connectivity index (χ3n) is 4.43. The number of aryl methyl sites for hydroxylation is 1. The molecule has 0 aliphatic heterocycles. The molecule has 1 heterocycles. The van der Waals surface area contributed by atoms with Crippen LogP contribution >= 0.6 is 0 Å². The van der Waals surface area contributed by atoms with E-state index in [1.807, 2.05) is 67.1 Å². The van der Waals surface area contributed by atoms with Crippen LogP contribution in [0.4, 0.5) is 0 Å². The van der Waals surface area contributed by atoms with Crippen molar-refractivity contribution >= 4 is 5.91 Å². The van der Waals surface area contributed by atoms with Gasteiger partial charge < -0.3 is 14.6 Å². The lowest BCUT2D eigenvalue weighted by Gasteiger charge is -2.17. The summed E-state index contributed by atoms with van der Waals surface area (Å²) in [6, 6.07) is 13.8. The number of benzene rings is 2. The van der Waals surface area contributed by atoms with Gasteiger partial charge in [-0.2, -0.15) is 0 Å². The van der Waals surface area contributed by atoms with Crippen LogP contribution in [-0.2, 0) is 11.3 Å². The Morgan fingerprint density at radius 2 is 1.96 bits per heavy atom. The van der Waals surface area contributed by atoms with Crippen LogP contribution in [0.25, 0.3) is 5.69 Å². The largest absolute Gasteiger partial charge is 0.481 e. The predicted octanol–water partition coefficient (Wildman–Crippen LogP) is 3.57. The van der Waals surface area contributed by atoms with Gasteiger partial charge in [0.2, 0.25) is 0 Å². The number of aromatic nitrogens is 2. The Morgan fingerprint density at radius 3 is 2.65 bits per heavy atom. The number of hydrogen-bond donors (Lipinski definition) is 1. The van der Waals surface area contributed by atoms with Crippen molar-refractivity contribution < 1.29 is 9.53 Å². The highest BCUT2D eigenvalue weighted by atomic mass is 16.5. The van der Waals surface area contributed by atoms with Gasteiger partial charge in [-0.25, -0.2) is 4.98 Å². The normalized spacial score (nSPS) is 11.8. The first-order valence-corrected chi connectivity index (χ1v) is 8.62. The summed E-state index contributed by atoms with van der Waals surface area (Å²) in [4.78, 5) is 16.4. The van der Waals surface area contributed by atoms with E-state index in [-0.39, 0.29) is 5.91 Å². The molecule has 5 nitrogen and oxygen atoms in total. The fourth-order valence-electron chi connectivity index (χ4n) is 2.63. The first-order valence-electron chi connectivity index (χ1n) is 8.62. The zero-order valence-corrected chi connectivity index (χ0v) is 15.3. The lowest BCUT2D eigenvalue weighted by Crippen LogP contribution is -2.36. The molecule has 1 amide bonds. The molecule has 0 aliphatic carbocycles. The summed E-state index contributed by atoms with van der Waals surface area (Å²) in [5.74, 6) is 0.613. The topological polar surface area (TPSA) is 56.1 Å². The molecule has 0 bridgehead atoms. The van der Waals surface area contributed by atoms with Gasteiger partial charge in [0.1, 0.15) is 5.75 Å². The van der Waals surface area contributed by atoms with Crippen molar-refractivity contribution in [3.8, 4) is 11.4 Å². The summed E-state index contributed by atoms with van der Waals surface area (Å²) in [7, 11) is 0. The Bertz CT molecular complexity index is 871. The van der Waals surface area contributed by atoms with Crippen LogP contribution in [0.2, 0.25) is 0 Å². The summed E-state index contributed by atoms with van der Waals surface area (Å²) in [5, 5.41) is 2.92. The van der Waals surface area contributed by atoms with Crippen molar-refractivity contribution in [1.82, 2.24) is 14.9 Å². The number of nitrogens with zero attached hydrogens (tertiary/aromatic N) is 2. The first kappa shape index (κ1) is 17.7. The van der Waals surface area contributed by atoms with Crippen LogP contribution in [0, 0.1) is 13.8 Å². The highest BCUT2D eigenvalue weighted by Crippen LogP contribution is 2.21. The Balaban J connectivity index is 1.55. The van der Waals surface area contributed by atoms with E-state index < -0.39 is 6.10 Å². The Hall–Kier alpha value is -3.08. The lowest BCUT2D eigenvalue weighted by molar-refractivity contribution is -0.127. The van der Waals surface area contributed by atoms with Gasteiger partial charge in [-0.15, -0.1) is 0 Å². The van der Waals surface area contributed by atoms with Crippen molar-refractivity contribution in [1.29, 1.82) is 0 Å². The number of rotatable bonds is 6. The van der Waals surface area contributed by atoms with E-state index in [0.717, 1.165) is 28.1 Å². The smallest absolute Gasteiger partial charge is 0.261 e. The maximum atomic E-state index is 12.3. The molecule has 26 heavy (non-hydrogen) atoms. The Labute approximate surface area is 153 Å². The highest BCUT2D eigenvalue weighted by Gasteiger charge is 2.15. The summed E-state index contributed by atoms with van der Waals surface area (Å²) >= 11 is 0. The molecule has 1 atom stereocenters. The van der Waals surface area contributed by atoms with Crippen LogP contribution in [0.5, 0.6) is 5.75 Å². The monoisotopic (exact) mass is 349 g/mol. The average Bonchev–Trinajstić information content (AvgIpc) is 3.18. The molecule has 134 valence electrons. The van der Waals surface area contributed by atoms with Crippen molar-refractivity contribution in [2.45, 2.75) is 33.4 Å². The quantitative estimate of drug-likeness (QED) is 0.740. The van der Waals surface area contributed by atoms with Crippen LogP contribution < -0.4 is 10.1 Å². The molecular formula is C21H23N3O2. The van der Waals surface area contributed by atoms with Crippen LogP contribution in [-0.4, -0.2) is 21.6 Å². The third kappa shape index (κ3) is 4.11. The maximum Gasteiger partial charge on any atom is 0.261 e. The van der Waals surface area contributed by atoms with Gasteiger partial charge in [-0.05, 0) is 55.7 Å². The number of ether oxygens (including phenoxy) is 1. The van der Waals surface area contributed by atoms with Crippen molar-refractivity contribution in [3.63, 3.8) is 0 Å². The lowest BCUT2D eigenvalue weighted by atomic mass is 10.1. The van der Waals surface area contributed by atoms with E-state index in [0.29, 0.717) is 6.54 Å². The Kier molecular flexibility index (Phi) is 5.37. The predicted molar refractivity (Wildman–Crippen MR) is 101 cm³/mol. The minimum atomic E-state index is -0.555. The number of hydrogen-bond acceptors (Lipinski definition) is 3. The van der Waals surface area contributed by atoms with Gasteiger partial charge in [0.15, 0.2) is 6.10 Å². The Morgan fingerprint density at radius 1 is 1.19 bits per heavy atom. The first-order chi connectivity index (χ1) is 12.5. The molecule has 3 aromatic rings. The summed E-state index contributed by atoms with van der Waals surface area (Å²) in [6.45, 7) is 6.25. The van der Waals surface area contributed by atoms with E-state index in [1.165, 1.54) is 0 Å².